The number of piperidine rings is 2. The first-order chi connectivity index (χ1) is 35.0. The van der Waals surface area contributed by atoms with Gasteiger partial charge in [0.05, 0.1) is 66.8 Å². The predicted molar refractivity (Wildman–Crippen MR) is 269 cm³/mol. The van der Waals surface area contributed by atoms with Crippen molar-refractivity contribution in [3.63, 3.8) is 0 Å². The van der Waals surface area contributed by atoms with E-state index in [9.17, 15) is 33.9 Å². The van der Waals surface area contributed by atoms with Crippen LogP contribution >= 0.6 is 11.6 Å². The van der Waals surface area contributed by atoms with Crippen molar-refractivity contribution in [3.05, 3.63) is 122 Å². The number of benzene rings is 4. The van der Waals surface area contributed by atoms with Gasteiger partial charge in [-0.3, -0.25) is 48.6 Å². The summed E-state index contributed by atoms with van der Waals surface area (Å²) < 4.78 is 25.1. The Bertz CT molecular complexity index is 2940. The van der Waals surface area contributed by atoms with Gasteiger partial charge in [0.15, 0.2) is 5.78 Å². The number of para-hydroxylation sites is 2. The van der Waals surface area contributed by atoms with E-state index in [0.717, 1.165) is 79.3 Å². The van der Waals surface area contributed by atoms with Crippen LogP contribution in [0.2, 0.25) is 5.02 Å². The maximum absolute atomic E-state index is 13.6. The molecule has 19 heteroatoms. The fraction of sp³-hybridized carbons (Fsp3) is 0.396. The van der Waals surface area contributed by atoms with Gasteiger partial charge >= 0.3 is 5.69 Å². The third-order valence-electron chi connectivity index (χ3n) is 13.6. The Morgan fingerprint density at radius 2 is 1.61 bits per heavy atom. The molecule has 0 saturated carbocycles. The SMILES string of the molecule is CCOc1cc(O)c(C(=O)/C=C/c2ccc(N3CCN(CCOCCOCCOc4cccc5c4C(=O)N(C4CCC(=O)NC4=O)C5=O)CC3)cc2Cl)cc1CN1CCCC(n2c(=O)[nH]c3ccccc32)C1. The first-order valence-electron chi connectivity index (χ1n) is 24.5. The predicted octanol–water partition coefficient (Wildman–Crippen LogP) is 5.46. The van der Waals surface area contributed by atoms with Crippen molar-refractivity contribution < 1.29 is 48.0 Å². The van der Waals surface area contributed by atoms with Crippen molar-refractivity contribution >= 4 is 63.8 Å². The monoisotopic (exact) mass is 1000 g/mol. The van der Waals surface area contributed by atoms with Gasteiger partial charge in [-0.1, -0.05) is 35.9 Å². The molecule has 72 heavy (non-hydrogen) atoms. The minimum absolute atomic E-state index is 0.0194. The Hall–Kier alpha value is -6.83. The molecule has 9 rings (SSSR count). The number of imide groups is 2. The fourth-order valence-corrected chi connectivity index (χ4v) is 10.2. The van der Waals surface area contributed by atoms with E-state index in [1.165, 1.54) is 18.2 Å². The number of aromatic nitrogens is 2. The molecule has 4 aliphatic heterocycles. The molecule has 4 amide bonds. The van der Waals surface area contributed by atoms with Gasteiger partial charge in [0.2, 0.25) is 11.8 Å². The molecule has 2 unspecified atom stereocenters. The highest BCUT2D eigenvalue weighted by Gasteiger charge is 2.46. The number of ether oxygens (including phenoxy) is 4. The van der Waals surface area contributed by atoms with Crippen LogP contribution in [0.1, 0.15) is 80.8 Å². The second-order valence-corrected chi connectivity index (χ2v) is 18.6. The number of aromatic amines is 1. The second kappa shape index (κ2) is 22.7. The summed E-state index contributed by atoms with van der Waals surface area (Å²) in [6.07, 6.45) is 4.98. The van der Waals surface area contributed by atoms with Gasteiger partial charge in [-0.25, -0.2) is 4.79 Å². The summed E-state index contributed by atoms with van der Waals surface area (Å²) in [6, 6.07) is 20.4. The number of rotatable bonds is 20. The molecule has 1 aromatic heterocycles. The first kappa shape index (κ1) is 50.1. The number of halogens is 1. The quantitative estimate of drug-likeness (QED) is 0.0384. The Morgan fingerprint density at radius 3 is 2.40 bits per heavy atom. The average molecular weight is 1000 g/mol. The highest BCUT2D eigenvalue weighted by Crippen LogP contribution is 2.35. The summed E-state index contributed by atoms with van der Waals surface area (Å²) in [5, 5.41) is 13.7. The molecule has 4 aliphatic rings. The van der Waals surface area contributed by atoms with Crippen molar-refractivity contribution in [1.82, 2.24) is 29.6 Å². The van der Waals surface area contributed by atoms with Gasteiger partial charge in [0.25, 0.3) is 11.8 Å². The molecule has 18 nitrogen and oxygen atoms in total. The molecule has 0 radical (unpaired) electrons. The number of fused-ring (bicyclic) bond motifs is 2. The van der Waals surface area contributed by atoms with Gasteiger partial charge in [-0.2, -0.15) is 0 Å². The van der Waals surface area contributed by atoms with Crippen LogP contribution in [0, 0.1) is 0 Å². The number of nitrogens with one attached hydrogen (secondary N) is 2. The molecule has 5 aromatic rings. The van der Waals surface area contributed by atoms with Crippen LogP contribution in [-0.4, -0.2) is 150 Å². The van der Waals surface area contributed by atoms with Crippen LogP contribution in [0.5, 0.6) is 17.2 Å². The number of aromatic hydroxyl groups is 1. The summed E-state index contributed by atoms with van der Waals surface area (Å²) >= 11 is 6.78. The van der Waals surface area contributed by atoms with Crippen LogP contribution < -0.4 is 25.4 Å². The summed E-state index contributed by atoms with van der Waals surface area (Å²) in [5.41, 5.74) is 4.41. The number of amides is 4. The number of phenolic OH excluding ortho intramolecular Hbond substituents is 1. The van der Waals surface area contributed by atoms with Gasteiger partial charge < -0.3 is 33.9 Å². The molecule has 3 fully saturated rings. The number of nitrogens with zero attached hydrogens (tertiary/aromatic N) is 5. The maximum atomic E-state index is 13.6. The van der Waals surface area contributed by atoms with Crippen molar-refractivity contribution in [3.8, 4) is 17.2 Å². The number of anilines is 1. The number of hydrogen-bond acceptors (Lipinski definition) is 14. The van der Waals surface area contributed by atoms with Gasteiger partial charge in [0, 0.05) is 74.6 Å². The number of hydrogen-bond donors (Lipinski definition) is 3. The highest BCUT2D eigenvalue weighted by atomic mass is 35.5. The highest BCUT2D eigenvalue weighted by molar-refractivity contribution is 6.32. The summed E-state index contributed by atoms with van der Waals surface area (Å²) in [6.45, 7) is 9.85. The van der Waals surface area contributed by atoms with E-state index < -0.39 is 29.7 Å². The zero-order valence-electron chi connectivity index (χ0n) is 40.1. The lowest BCUT2D eigenvalue weighted by atomic mass is 10.0. The smallest absolute Gasteiger partial charge is 0.326 e. The normalized spacial score (nSPS) is 18.9. The van der Waals surface area contributed by atoms with E-state index in [-0.39, 0.29) is 71.8 Å². The molecule has 0 bridgehead atoms. The largest absolute Gasteiger partial charge is 0.507 e. The fourth-order valence-electron chi connectivity index (χ4n) is 9.95. The molecule has 2 atom stereocenters. The third-order valence-corrected chi connectivity index (χ3v) is 13.9. The van der Waals surface area contributed by atoms with Crippen molar-refractivity contribution in [2.24, 2.45) is 0 Å². The van der Waals surface area contributed by atoms with Crippen LogP contribution in [0.15, 0.2) is 83.7 Å². The number of phenols is 1. The lowest BCUT2D eigenvalue weighted by Gasteiger charge is -2.36. The zero-order chi connectivity index (χ0) is 50.3. The lowest BCUT2D eigenvalue weighted by molar-refractivity contribution is -0.136. The van der Waals surface area contributed by atoms with Gasteiger partial charge in [-0.15, -0.1) is 0 Å². The molecule has 3 saturated heterocycles. The van der Waals surface area contributed by atoms with Crippen molar-refractivity contribution in [2.75, 3.05) is 90.4 Å². The van der Waals surface area contributed by atoms with Crippen LogP contribution in [0.4, 0.5) is 5.69 Å². The van der Waals surface area contributed by atoms with Crippen molar-refractivity contribution in [1.29, 1.82) is 0 Å². The number of carbonyl (C=O) groups excluding carboxylic acids is 5. The summed E-state index contributed by atoms with van der Waals surface area (Å²) in [7, 11) is 0. The minimum Gasteiger partial charge on any atom is -0.507 e. The van der Waals surface area contributed by atoms with Crippen molar-refractivity contribution in [2.45, 2.75) is 51.2 Å². The van der Waals surface area contributed by atoms with E-state index >= 15 is 0 Å². The van der Waals surface area contributed by atoms with Crippen LogP contribution in [0.25, 0.3) is 17.1 Å². The molecular weight excluding hydrogens is 946 g/mol. The number of carbonyl (C=O) groups is 5. The Morgan fingerprint density at radius 1 is 0.819 bits per heavy atom. The maximum Gasteiger partial charge on any atom is 0.326 e. The summed E-state index contributed by atoms with van der Waals surface area (Å²) in [5.74, 6) is -2.13. The van der Waals surface area contributed by atoms with Crippen LogP contribution in [0.3, 0.4) is 0 Å². The third kappa shape index (κ3) is 11.1. The number of imidazole rings is 1. The van der Waals surface area contributed by atoms with E-state index in [1.54, 1.807) is 24.3 Å². The minimum atomic E-state index is -1.05. The van der Waals surface area contributed by atoms with E-state index in [1.807, 2.05) is 54.0 Å². The Kier molecular flexibility index (Phi) is 15.8. The molecule has 3 N–H and O–H groups in total. The number of likely N-dealkylation sites (tertiary alicyclic amines) is 1. The second-order valence-electron chi connectivity index (χ2n) is 18.2. The molecule has 378 valence electrons. The number of ketones is 1. The summed E-state index contributed by atoms with van der Waals surface area (Å²) in [4.78, 5) is 87.7. The molecule has 5 heterocycles. The Balaban J connectivity index is 0.693. The molecular formula is C53H58ClN7O11. The zero-order valence-corrected chi connectivity index (χ0v) is 40.9. The number of allylic oxidation sites excluding steroid dienone is 1. The molecule has 0 spiro atoms. The van der Waals surface area contributed by atoms with Gasteiger partial charge in [-0.05, 0) is 92.9 Å². The molecule has 0 aliphatic carbocycles. The number of H-pyrrole nitrogens is 1. The standard InChI is InChI=1S/C53H58ClN7O11/c1-2-71-47-31-45(63)39(29-35(47)32-58-18-6-7-37(33-58)60-42-10-4-3-9-41(42)55-53(60)68)44(62)16-13-34-12-14-36(30-40(34)54)59-21-19-57(20-22-59)23-24-69-25-26-70-27-28-72-46-11-5-8-38-49(46)52(67)61(51(38)66)43-15-17-48(64)56-50(43)65/h3-5,8-14,16,29-31,37,43,63H,2,6-7,15,17-28,32-33H2,1H3,(H,55,68)(H,56,64,65)/b16-13+. The van der Waals surface area contributed by atoms with E-state index in [4.69, 9.17) is 30.5 Å². The first-order valence-corrected chi connectivity index (χ1v) is 24.9. The lowest BCUT2D eigenvalue weighted by Crippen LogP contribution is -2.54. The Labute approximate surface area is 421 Å². The van der Waals surface area contributed by atoms with E-state index in [2.05, 4.69) is 25.0 Å². The average Bonchev–Trinajstić information content (AvgIpc) is 3.85. The topological polar surface area (TPSA) is 205 Å². The molecule has 4 aromatic carbocycles. The number of piperazine rings is 1. The van der Waals surface area contributed by atoms with Crippen LogP contribution in [-0.2, 0) is 25.6 Å². The van der Waals surface area contributed by atoms with Gasteiger partial charge in [0.1, 0.15) is 29.9 Å². The van der Waals surface area contributed by atoms with E-state index in [0.29, 0.717) is 55.9 Å².